The predicted octanol–water partition coefficient (Wildman–Crippen LogP) is 2.56. The number of aromatic nitrogens is 3. The van der Waals surface area contributed by atoms with Crippen molar-refractivity contribution in [2.24, 2.45) is 0 Å². The Bertz CT molecular complexity index is 937. The van der Waals surface area contributed by atoms with Gasteiger partial charge in [0.05, 0.1) is 17.3 Å². The molecule has 2 aromatic heterocycles. The van der Waals surface area contributed by atoms with E-state index in [1.807, 2.05) is 18.2 Å². The molecular weight excluding hydrogens is 362 g/mol. The lowest BCUT2D eigenvalue weighted by Gasteiger charge is -2.35. The van der Waals surface area contributed by atoms with Gasteiger partial charge in [-0.15, -0.1) is 0 Å². The first-order valence-corrected chi connectivity index (χ1v) is 9.79. The summed E-state index contributed by atoms with van der Waals surface area (Å²) in [4.78, 5) is 18.0. The van der Waals surface area contributed by atoms with Gasteiger partial charge >= 0.3 is 0 Å². The van der Waals surface area contributed by atoms with Gasteiger partial charge in [-0.3, -0.25) is 0 Å². The van der Waals surface area contributed by atoms with Crippen molar-refractivity contribution in [3.05, 3.63) is 24.5 Å². The molecule has 0 saturated carbocycles. The van der Waals surface area contributed by atoms with E-state index in [9.17, 15) is 0 Å². The second kappa shape index (κ2) is 7.53. The third kappa shape index (κ3) is 3.60. The summed E-state index contributed by atoms with van der Waals surface area (Å²) in [5, 5.41) is 3.99. The molecule has 0 amide bonds. The summed E-state index contributed by atoms with van der Waals surface area (Å²) in [6.07, 6.45) is 1.55. The largest absolute Gasteiger partial charge is 0.497 e. The van der Waals surface area contributed by atoms with Gasteiger partial charge in [0.25, 0.3) is 0 Å². The first-order chi connectivity index (χ1) is 13.2. The third-order valence-corrected chi connectivity index (χ3v) is 5.74. The summed E-state index contributed by atoms with van der Waals surface area (Å²) in [7, 11) is 1.66. The molecule has 3 aromatic rings. The Balaban J connectivity index is 1.56. The van der Waals surface area contributed by atoms with Gasteiger partial charge in [-0.1, -0.05) is 18.3 Å². The molecule has 0 spiro atoms. The molecule has 3 N–H and O–H groups in total. The van der Waals surface area contributed by atoms with Crippen molar-refractivity contribution in [3.8, 4) is 5.75 Å². The summed E-state index contributed by atoms with van der Waals surface area (Å²) in [6, 6.07) is 5.82. The van der Waals surface area contributed by atoms with Gasteiger partial charge in [-0.05, 0) is 24.7 Å². The lowest BCUT2D eigenvalue weighted by Crippen LogP contribution is -2.46. The van der Waals surface area contributed by atoms with E-state index in [0.717, 1.165) is 59.6 Å². The average Bonchev–Trinajstić information content (AvgIpc) is 3.11. The van der Waals surface area contributed by atoms with Gasteiger partial charge in [-0.25, -0.2) is 15.0 Å². The molecule has 0 aliphatic carbocycles. The smallest absolute Gasteiger partial charge is 0.189 e. The summed E-state index contributed by atoms with van der Waals surface area (Å²) in [5.41, 5.74) is 7.85. The van der Waals surface area contributed by atoms with E-state index >= 15 is 0 Å². The van der Waals surface area contributed by atoms with E-state index in [-0.39, 0.29) is 0 Å². The fourth-order valence-corrected chi connectivity index (χ4v) is 4.09. The number of rotatable bonds is 5. The number of nitrogen functional groups attached to an aromatic ring is 1. The maximum atomic E-state index is 6.38. The summed E-state index contributed by atoms with van der Waals surface area (Å²) in [5.74, 6) is 2.18. The number of anilines is 4. The van der Waals surface area contributed by atoms with Crippen molar-refractivity contribution in [1.29, 1.82) is 0 Å². The lowest BCUT2D eigenvalue weighted by molar-refractivity contribution is 0.270. The highest BCUT2D eigenvalue weighted by atomic mass is 32.1. The zero-order chi connectivity index (χ0) is 18.8. The molecule has 0 atom stereocenters. The second-order valence-electron chi connectivity index (χ2n) is 6.36. The molecule has 9 heteroatoms. The van der Waals surface area contributed by atoms with Crippen molar-refractivity contribution in [2.75, 3.05) is 55.8 Å². The van der Waals surface area contributed by atoms with Crippen LogP contribution < -0.4 is 20.7 Å². The van der Waals surface area contributed by atoms with Gasteiger partial charge in [0.1, 0.15) is 17.8 Å². The number of piperazine rings is 1. The van der Waals surface area contributed by atoms with Crippen LogP contribution in [-0.2, 0) is 0 Å². The quantitative estimate of drug-likeness (QED) is 0.692. The van der Waals surface area contributed by atoms with Crippen LogP contribution in [-0.4, -0.2) is 59.7 Å². The van der Waals surface area contributed by atoms with Crippen LogP contribution in [0.4, 0.5) is 22.5 Å². The number of hydrogen-bond donors (Lipinski definition) is 2. The van der Waals surface area contributed by atoms with Crippen molar-refractivity contribution < 1.29 is 4.74 Å². The number of nitrogens with one attached hydrogen (secondary N) is 1. The van der Waals surface area contributed by atoms with Gasteiger partial charge in [0, 0.05) is 26.2 Å². The highest BCUT2D eigenvalue weighted by molar-refractivity contribution is 7.22. The SMILES string of the molecule is CCN1CCN(c2ncnc(Nc3nc4ccc(OC)cc4s3)c2N)CC1. The van der Waals surface area contributed by atoms with Crippen molar-refractivity contribution in [3.63, 3.8) is 0 Å². The molecule has 27 heavy (non-hydrogen) atoms. The summed E-state index contributed by atoms with van der Waals surface area (Å²) >= 11 is 1.54. The van der Waals surface area contributed by atoms with E-state index < -0.39 is 0 Å². The summed E-state index contributed by atoms with van der Waals surface area (Å²) < 4.78 is 6.32. The molecular formula is C18H23N7OS. The third-order valence-electron chi connectivity index (χ3n) is 4.80. The topological polar surface area (TPSA) is 92.4 Å². The maximum absolute atomic E-state index is 6.38. The molecule has 1 aromatic carbocycles. The van der Waals surface area contributed by atoms with Crippen LogP contribution in [0, 0.1) is 0 Å². The number of thiazole rings is 1. The zero-order valence-corrected chi connectivity index (χ0v) is 16.3. The van der Waals surface area contributed by atoms with E-state index in [4.69, 9.17) is 10.5 Å². The second-order valence-corrected chi connectivity index (χ2v) is 7.39. The van der Waals surface area contributed by atoms with Crippen molar-refractivity contribution >= 4 is 44.0 Å². The van der Waals surface area contributed by atoms with Crippen LogP contribution >= 0.6 is 11.3 Å². The van der Waals surface area contributed by atoms with Gasteiger partial charge < -0.3 is 25.6 Å². The minimum absolute atomic E-state index is 0.555. The Labute approximate surface area is 162 Å². The van der Waals surface area contributed by atoms with Gasteiger partial charge in [0.15, 0.2) is 16.8 Å². The Morgan fingerprint density at radius 3 is 2.78 bits per heavy atom. The molecule has 1 aliphatic heterocycles. The fourth-order valence-electron chi connectivity index (χ4n) is 3.20. The first kappa shape index (κ1) is 17.7. The van der Waals surface area contributed by atoms with Crippen LogP contribution in [0.25, 0.3) is 10.2 Å². The molecule has 3 heterocycles. The molecule has 4 rings (SSSR count). The molecule has 1 aliphatic rings. The van der Waals surface area contributed by atoms with Crippen molar-refractivity contribution in [1.82, 2.24) is 19.9 Å². The molecule has 0 unspecified atom stereocenters. The molecule has 142 valence electrons. The summed E-state index contributed by atoms with van der Waals surface area (Å²) in [6.45, 7) is 7.11. The zero-order valence-electron chi connectivity index (χ0n) is 15.5. The maximum Gasteiger partial charge on any atom is 0.189 e. The van der Waals surface area contributed by atoms with Crippen molar-refractivity contribution in [2.45, 2.75) is 6.92 Å². The number of hydrogen-bond acceptors (Lipinski definition) is 9. The normalized spacial score (nSPS) is 15.3. The molecule has 1 fully saturated rings. The number of likely N-dealkylation sites (N-methyl/N-ethyl adjacent to an activating group) is 1. The first-order valence-electron chi connectivity index (χ1n) is 8.97. The van der Waals surface area contributed by atoms with Crippen LogP contribution in [0.5, 0.6) is 5.75 Å². The minimum Gasteiger partial charge on any atom is -0.497 e. The molecule has 8 nitrogen and oxygen atoms in total. The average molecular weight is 385 g/mol. The highest BCUT2D eigenvalue weighted by Gasteiger charge is 2.20. The lowest BCUT2D eigenvalue weighted by atomic mass is 10.3. The van der Waals surface area contributed by atoms with Crippen LogP contribution in [0.1, 0.15) is 6.92 Å². The number of methoxy groups -OCH3 is 1. The number of ether oxygens (including phenoxy) is 1. The Morgan fingerprint density at radius 1 is 1.22 bits per heavy atom. The number of nitrogens with two attached hydrogens (primary N) is 1. The Morgan fingerprint density at radius 2 is 2.04 bits per heavy atom. The van der Waals surface area contributed by atoms with E-state index in [2.05, 4.69) is 37.0 Å². The molecule has 1 saturated heterocycles. The number of benzene rings is 1. The van der Waals surface area contributed by atoms with E-state index in [1.54, 1.807) is 13.4 Å². The van der Waals surface area contributed by atoms with Gasteiger partial charge in [0.2, 0.25) is 0 Å². The number of nitrogens with zero attached hydrogens (tertiary/aromatic N) is 5. The van der Waals surface area contributed by atoms with E-state index in [0.29, 0.717) is 11.5 Å². The van der Waals surface area contributed by atoms with Crippen LogP contribution in [0.2, 0.25) is 0 Å². The molecule has 0 radical (unpaired) electrons. The minimum atomic E-state index is 0.555. The fraction of sp³-hybridized carbons (Fsp3) is 0.389. The predicted molar refractivity (Wildman–Crippen MR) is 110 cm³/mol. The standard InChI is InChI=1S/C18H23N7OS/c1-3-24-6-8-25(9-7-24)17-15(19)16(20-11-21-17)23-18-22-13-5-4-12(26-2)10-14(13)27-18/h4-5,10-11H,3,6-9,19H2,1-2H3,(H,20,21,22,23). The van der Waals surface area contributed by atoms with Crippen LogP contribution in [0.15, 0.2) is 24.5 Å². The van der Waals surface area contributed by atoms with Crippen LogP contribution in [0.3, 0.4) is 0 Å². The van der Waals surface area contributed by atoms with Gasteiger partial charge in [-0.2, -0.15) is 0 Å². The monoisotopic (exact) mass is 385 g/mol. The Kier molecular flexibility index (Phi) is 4.95. The molecule has 0 bridgehead atoms. The van der Waals surface area contributed by atoms with E-state index in [1.165, 1.54) is 11.3 Å². The number of fused-ring (bicyclic) bond motifs is 1. The highest BCUT2D eigenvalue weighted by Crippen LogP contribution is 2.33. The Hall–Kier alpha value is -2.65.